The van der Waals surface area contributed by atoms with E-state index in [-0.39, 0.29) is 18.3 Å². The van der Waals surface area contributed by atoms with E-state index in [9.17, 15) is 4.79 Å². The first-order valence-electron chi connectivity index (χ1n) is 5.07. The number of halogens is 1. The van der Waals surface area contributed by atoms with Gasteiger partial charge in [0.05, 0.1) is 5.54 Å². The zero-order valence-electron chi connectivity index (χ0n) is 10.6. The highest BCUT2D eigenvalue weighted by molar-refractivity contribution is 7.98. The van der Waals surface area contributed by atoms with E-state index in [2.05, 4.69) is 0 Å². The van der Waals surface area contributed by atoms with Crippen molar-refractivity contribution in [2.24, 2.45) is 5.73 Å². The average Bonchev–Trinajstić information content (AvgIpc) is 2.26. The van der Waals surface area contributed by atoms with Crippen molar-refractivity contribution in [3.05, 3.63) is 24.3 Å². The number of amides is 1. The van der Waals surface area contributed by atoms with Gasteiger partial charge in [-0.25, -0.2) is 0 Å². The van der Waals surface area contributed by atoms with Crippen LogP contribution in [0.4, 0.5) is 5.69 Å². The maximum Gasteiger partial charge on any atom is 0.246 e. The lowest BCUT2D eigenvalue weighted by Gasteiger charge is -2.26. The van der Waals surface area contributed by atoms with E-state index in [1.54, 1.807) is 37.6 Å². The first-order valence-corrected chi connectivity index (χ1v) is 6.30. The highest BCUT2D eigenvalue weighted by Crippen LogP contribution is 2.21. The average molecular weight is 275 g/mol. The van der Waals surface area contributed by atoms with Crippen molar-refractivity contribution in [2.45, 2.75) is 24.3 Å². The SMILES string of the molecule is CSc1ccc(N(C)C(=O)C(C)(C)N)cc1.Cl. The van der Waals surface area contributed by atoms with Gasteiger partial charge in [-0.05, 0) is 44.4 Å². The van der Waals surface area contributed by atoms with Crippen molar-refractivity contribution >= 4 is 35.8 Å². The molecular formula is C12H19ClN2OS. The molecule has 1 aromatic rings. The maximum atomic E-state index is 11.9. The summed E-state index contributed by atoms with van der Waals surface area (Å²) in [7, 11) is 1.74. The number of thioether (sulfide) groups is 1. The summed E-state index contributed by atoms with van der Waals surface area (Å²) in [6, 6.07) is 7.84. The number of rotatable bonds is 3. The molecule has 0 unspecified atom stereocenters. The third-order valence-corrected chi connectivity index (χ3v) is 3.06. The molecule has 0 saturated heterocycles. The van der Waals surface area contributed by atoms with Gasteiger partial charge in [-0.1, -0.05) is 0 Å². The van der Waals surface area contributed by atoms with Crippen molar-refractivity contribution in [2.75, 3.05) is 18.2 Å². The van der Waals surface area contributed by atoms with E-state index in [1.807, 2.05) is 30.5 Å². The molecule has 0 radical (unpaired) electrons. The minimum absolute atomic E-state index is 0. The van der Waals surface area contributed by atoms with Gasteiger partial charge < -0.3 is 10.6 Å². The topological polar surface area (TPSA) is 46.3 Å². The molecule has 1 amide bonds. The Morgan fingerprint density at radius 2 is 1.76 bits per heavy atom. The molecule has 0 bridgehead atoms. The lowest BCUT2D eigenvalue weighted by Crippen LogP contribution is -2.49. The molecule has 0 aliphatic carbocycles. The van der Waals surface area contributed by atoms with Gasteiger partial charge in [0.25, 0.3) is 0 Å². The summed E-state index contributed by atoms with van der Waals surface area (Å²) >= 11 is 1.68. The van der Waals surface area contributed by atoms with E-state index < -0.39 is 5.54 Å². The molecule has 1 rings (SSSR count). The molecule has 3 nitrogen and oxygen atoms in total. The van der Waals surface area contributed by atoms with Crippen LogP contribution in [0, 0.1) is 0 Å². The van der Waals surface area contributed by atoms with Crippen LogP contribution >= 0.6 is 24.2 Å². The van der Waals surface area contributed by atoms with Gasteiger partial charge in [0.1, 0.15) is 0 Å². The number of carbonyl (C=O) groups excluding carboxylic acids is 1. The van der Waals surface area contributed by atoms with Crippen LogP contribution in [-0.2, 0) is 4.79 Å². The van der Waals surface area contributed by atoms with Crippen molar-refractivity contribution < 1.29 is 4.79 Å². The quantitative estimate of drug-likeness (QED) is 0.862. The fourth-order valence-corrected chi connectivity index (χ4v) is 1.76. The largest absolute Gasteiger partial charge is 0.318 e. The Labute approximate surface area is 113 Å². The molecule has 0 heterocycles. The van der Waals surface area contributed by atoms with E-state index in [1.165, 1.54) is 4.90 Å². The van der Waals surface area contributed by atoms with Gasteiger partial charge in [-0.2, -0.15) is 0 Å². The highest BCUT2D eigenvalue weighted by atomic mass is 35.5. The Kier molecular flexibility index (Phi) is 6.02. The summed E-state index contributed by atoms with van der Waals surface area (Å²) in [4.78, 5) is 14.7. The Hall–Kier alpha value is -0.710. The molecule has 5 heteroatoms. The first kappa shape index (κ1) is 16.3. The van der Waals surface area contributed by atoms with Gasteiger partial charge >= 0.3 is 0 Å². The number of carbonyl (C=O) groups is 1. The number of likely N-dealkylation sites (N-methyl/N-ethyl adjacent to an activating group) is 1. The monoisotopic (exact) mass is 274 g/mol. The summed E-state index contributed by atoms with van der Waals surface area (Å²) in [6.07, 6.45) is 2.02. The Balaban J connectivity index is 0.00000256. The van der Waals surface area contributed by atoms with Crippen LogP contribution in [0.1, 0.15) is 13.8 Å². The molecule has 96 valence electrons. The molecule has 0 saturated carbocycles. The van der Waals surface area contributed by atoms with E-state index in [0.717, 1.165) is 5.69 Å². The van der Waals surface area contributed by atoms with Crippen LogP contribution in [-0.4, -0.2) is 24.7 Å². The zero-order valence-corrected chi connectivity index (χ0v) is 12.2. The van der Waals surface area contributed by atoms with Gasteiger partial charge in [0.15, 0.2) is 0 Å². The van der Waals surface area contributed by atoms with Gasteiger partial charge in [0.2, 0.25) is 5.91 Å². The van der Waals surface area contributed by atoms with Crippen LogP contribution in [0.3, 0.4) is 0 Å². The predicted octanol–water partition coefficient (Wildman–Crippen LogP) is 2.53. The number of hydrogen-bond donors (Lipinski definition) is 1. The van der Waals surface area contributed by atoms with Crippen LogP contribution in [0.2, 0.25) is 0 Å². The van der Waals surface area contributed by atoms with E-state index in [0.29, 0.717) is 0 Å². The second kappa shape index (κ2) is 6.28. The van der Waals surface area contributed by atoms with Gasteiger partial charge in [0, 0.05) is 17.6 Å². The molecular weight excluding hydrogens is 256 g/mol. The fraction of sp³-hybridized carbons (Fsp3) is 0.417. The Morgan fingerprint density at radius 3 is 2.12 bits per heavy atom. The van der Waals surface area contributed by atoms with E-state index in [4.69, 9.17) is 5.73 Å². The first-order chi connectivity index (χ1) is 7.36. The van der Waals surface area contributed by atoms with Crippen LogP contribution in [0.5, 0.6) is 0 Å². The Morgan fingerprint density at radius 1 is 1.29 bits per heavy atom. The third-order valence-electron chi connectivity index (χ3n) is 2.32. The number of hydrogen-bond acceptors (Lipinski definition) is 3. The lowest BCUT2D eigenvalue weighted by molar-refractivity contribution is -0.122. The number of nitrogens with two attached hydrogens (primary N) is 1. The van der Waals surface area contributed by atoms with E-state index >= 15 is 0 Å². The van der Waals surface area contributed by atoms with Crippen molar-refractivity contribution in [3.8, 4) is 0 Å². The number of nitrogens with zero attached hydrogens (tertiary/aromatic N) is 1. The minimum atomic E-state index is -0.840. The lowest BCUT2D eigenvalue weighted by atomic mass is 10.1. The minimum Gasteiger partial charge on any atom is -0.318 e. The van der Waals surface area contributed by atoms with Gasteiger partial charge in [-0.3, -0.25) is 4.79 Å². The maximum absolute atomic E-state index is 11.9. The highest BCUT2D eigenvalue weighted by Gasteiger charge is 2.26. The van der Waals surface area contributed by atoms with Crippen molar-refractivity contribution in [1.82, 2.24) is 0 Å². The normalized spacial score (nSPS) is 10.6. The van der Waals surface area contributed by atoms with Crippen LogP contribution in [0.15, 0.2) is 29.2 Å². The van der Waals surface area contributed by atoms with Crippen molar-refractivity contribution in [1.29, 1.82) is 0 Å². The third kappa shape index (κ3) is 4.22. The standard InChI is InChI=1S/C12H18N2OS.ClH/c1-12(2,13)11(15)14(3)9-5-7-10(16-4)8-6-9;/h5-8H,13H2,1-4H3;1H. The Bertz CT molecular complexity index is 373. The summed E-state index contributed by atoms with van der Waals surface area (Å²) in [6.45, 7) is 3.42. The summed E-state index contributed by atoms with van der Waals surface area (Å²) in [5.74, 6) is -0.0931. The van der Waals surface area contributed by atoms with Crippen LogP contribution < -0.4 is 10.6 Å². The fourth-order valence-electron chi connectivity index (χ4n) is 1.36. The molecule has 0 atom stereocenters. The molecule has 17 heavy (non-hydrogen) atoms. The van der Waals surface area contributed by atoms with Gasteiger partial charge in [-0.15, -0.1) is 24.2 Å². The number of anilines is 1. The summed E-state index contributed by atoms with van der Waals surface area (Å²) in [5.41, 5.74) is 5.80. The zero-order chi connectivity index (χ0) is 12.3. The second-order valence-corrected chi connectivity index (χ2v) is 5.16. The van der Waals surface area contributed by atoms with Crippen LogP contribution in [0.25, 0.3) is 0 Å². The molecule has 0 aliphatic heterocycles. The molecule has 0 spiro atoms. The smallest absolute Gasteiger partial charge is 0.246 e. The molecule has 2 N–H and O–H groups in total. The number of benzene rings is 1. The summed E-state index contributed by atoms with van der Waals surface area (Å²) < 4.78 is 0. The molecule has 0 aromatic heterocycles. The predicted molar refractivity (Wildman–Crippen MR) is 77.1 cm³/mol. The summed E-state index contributed by atoms with van der Waals surface area (Å²) in [5, 5.41) is 0. The molecule has 0 aliphatic rings. The molecule has 0 fully saturated rings. The molecule has 1 aromatic carbocycles. The second-order valence-electron chi connectivity index (χ2n) is 4.28. The van der Waals surface area contributed by atoms with Crippen molar-refractivity contribution in [3.63, 3.8) is 0 Å².